The molecule has 0 heteroatoms. The molecule has 0 heterocycles. The monoisotopic (exact) mass is 398 g/mol. The van der Waals surface area contributed by atoms with Crippen molar-refractivity contribution in [2.24, 2.45) is 5.41 Å². The first-order valence-electron chi connectivity index (χ1n) is 11.5. The molecule has 0 aromatic heterocycles. The first-order chi connectivity index (χ1) is 15.0. The summed E-state index contributed by atoms with van der Waals surface area (Å²) >= 11 is 0. The van der Waals surface area contributed by atoms with Gasteiger partial charge >= 0.3 is 0 Å². The standard InChI is InChI=1S/C31H26/c1-31(2,3)30-23-15-9-8-14-22(23)28-25-16-18-10-4-6-12-20(18)26(25)24-17-19-11-5-7-13-21(19)27(24)29(28)30/h4-15,30H,16-17H2,1-3H3/t30-/m0/s1. The van der Waals surface area contributed by atoms with Gasteiger partial charge in [-0.3, -0.25) is 0 Å². The molecular formula is C31H26. The Kier molecular flexibility index (Phi) is 3.26. The van der Waals surface area contributed by atoms with E-state index in [0.717, 1.165) is 12.8 Å². The normalized spacial score (nSPS) is 16.9. The van der Waals surface area contributed by atoms with Crippen LogP contribution in [0.2, 0.25) is 0 Å². The highest BCUT2D eigenvalue weighted by atomic mass is 14.5. The van der Waals surface area contributed by atoms with Gasteiger partial charge in [-0.05, 0) is 85.0 Å². The van der Waals surface area contributed by atoms with Crippen molar-refractivity contribution in [3.05, 3.63) is 106 Å². The quantitative estimate of drug-likeness (QED) is 0.243. The lowest BCUT2D eigenvalue weighted by Gasteiger charge is -2.31. The minimum Gasteiger partial charge on any atom is -0.0619 e. The predicted molar refractivity (Wildman–Crippen MR) is 130 cm³/mol. The fraction of sp³-hybridized carbons (Fsp3) is 0.226. The van der Waals surface area contributed by atoms with Crippen LogP contribution in [0, 0.1) is 5.41 Å². The van der Waals surface area contributed by atoms with Crippen LogP contribution in [0.15, 0.2) is 72.8 Å². The van der Waals surface area contributed by atoms with Gasteiger partial charge in [-0.25, -0.2) is 0 Å². The van der Waals surface area contributed by atoms with Gasteiger partial charge in [-0.1, -0.05) is 93.6 Å². The van der Waals surface area contributed by atoms with E-state index in [2.05, 4.69) is 93.6 Å². The van der Waals surface area contributed by atoms with Crippen LogP contribution >= 0.6 is 0 Å². The van der Waals surface area contributed by atoms with Crippen LogP contribution in [-0.2, 0) is 12.8 Å². The van der Waals surface area contributed by atoms with Gasteiger partial charge < -0.3 is 0 Å². The molecule has 1 atom stereocenters. The van der Waals surface area contributed by atoms with Crippen molar-refractivity contribution in [2.45, 2.75) is 39.5 Å². The number of benzene rings is 4. The first kappa shape index (κ1) is 17.5. The average molecular weight is 399 g/mol. The van der Waals surface area contributed by atoms with E-state index in [0.29, 0.717) is 5.92 Å². The van der Waals surface area contributed by atoms with Gasteiger partial charge in [0.15, 0.2) is 0 Å². The number of hydrogen-bond donors (Lipinski definition) is 0. The second kappa shape index (κ2) is 5.77. The molecule has 150 valence electrons. The maximum atomic E-state index is 2.42. The zero-order valence-electron chi connectivity index (χ0n) is 18.4. The Morgan fingerprint density at radius 1 is 0.581 bits per heavy atom. The predicted octanol–water partition coefficient (Wildman–Crippen LogP) is 7.99. The topological polar surface area (TPSA) is 0 Å². The summed E-state index contributed by atoms with van der Waals surface area (Å²) in [6, 6.07) is 27.4. The smallest absolute Gasteiger partial charge is 0.0157 e. The van der Waals surface area contributed by atoms with E-state index < -0.39 is 0 Å². The van der Waals surface area contributed by atoms with Gasteiger partial charge in [-0.2, -0.15) is 0 Å². The Balaban J connectivity index is 1.68. The third-order valence-electron chi connectivity index (χ3n) is 7.75. The zero-order valence-corrected chi connectivity index (χ0v) is 18.4. The molecule has 0 aliphatic heterocycles. The highest BCUT2D eigenvalue weighted by molar-refractivity contribution is 6.01. The molecule has 0 saturated heterocycles. The van der Waals surface area contributed by atoms with E-state index in [9.17, 15) is 0 Å². The molecule has 0 fully saturated rings. The van der Waals surface area contributed by atoms with Crippen LogP contribution < -0.4 is 0 Å². The second-order valence-corrected chi connectivity index (χ2v) is 10.5. The summed E-state index contributed by atoms with van der Waals surface area (Å²) < 4.78 is 0. The summed E-state index contributed by atoms with van der Waals surface area (Å²) in [6.07, 6.45) is 2.12. The SMILES string of the molecule is CC(C)(C)[C@H]1c2ccccc2-c2c3c(c4c(c21)-c1ccccc1C4)-c1ccccc1C3. The molecule has 0 bridgehead atoms. The molecule has 31 heavy (non-hydrogen) atoms. The van der Waals surface area contributed by atoms with Gasteiger partial charge in [-0.15, -0.1) is 0 Å². The molecule has 4 aromatic rings. The van der Waals surface area contributed by atoms with Crippen LogP contribution in [0.25, 0.3) is 33.4 Å². The minimum absolute atomic E-state index is 0.159. The van der Waals surface area contributed by atoms with Crippen LogP contribution in [0.5, 0.6) is 0 Å². The molecule has 0 amide bonds. The van der Waals surface area contributed by atoms with E-state index in [1.165, 1.54) is 50.1 Å². The molecule has 0 nitrogen and oxygen atoms in total. The van der Waals surface area contributed by atoms with Crippen LogP contribution in [0.4, 0.5) is 0 Å². The fourth-order valence-electron chi connectivity index (χ4n) is 6.71. The molecule has 4 aromatic carbocycles. The fourth-order valence-corrected chi connectivity index (χ4v) is 6.71. The van der Waals surface area contributed by atoms with E-state index >= 15 is 0 Å². The molecule has 7 rings (SSSR count). The summed E-state index contributed by atoms with van der Waals surface area (Å²) in [4.78, 5) is 0. The average Bonchev–Trinajstić information content (AvgIpc) is 3.41. The van der Waals surface area contributed by atoms with Crippen molar-refractivity contribution < 1.29 is 0 Å². The zero-order chi connectivity index (χ0) is 20.9. The van der Waals surface area contributed by atoms with Crippen molar-refractivity contribution in [3.8, 4) is 33.4 Å². The molecule has 0 saturated carbocycles. The third-order valence-corrected chi connectivity index (χ3v) is 7.75. The summed E-state index contributed by atoms with van der Waals surface area (Å²) in [6.45, 7) is 7.25. The first-order valence-corrected chi connectivity index (χ1v) is 11.5. The van der Waals surface area contributed by atoms with Crippen LogP contribution in [0.1, 0.15) is 60.1 Å². The largest absolute Gasteiger partial charge is 0.0619 e. The Morgan fingerprint density at radius 2 is 1.06 bits per heavy atom. The van der Waals surface area contributed by atoms with Crippen molar-refractivity contribution in [1.29, 1.82) is 0 Å². The summed E-state index contributed by atoms with van der Waals surface area (Å²) in [5.41, 5.74) is 18.4. The summed E-state index contributed by atoms with van der Waals surface area (Å²) in [5.74, 6) is 0.424. The maximum absolute atomic E-state index is 2.42. The van der Waals surface area contributed by atoms with Crippen molar-refractivity contribution in [3.63, 3.8) is 0 Å². The Bertz CT molecular complexity index is 1390. The van der Waals surface area contributed by atoms with E-state index in [1.54, 1.807) is 16.7 Å². The van der Waals surface area contributed by atoms with Gasteiger partial charge in [0.25, 0.3) is 0 Å². The molecule has 3 aliphatic rings. The minimum atomic E-state index is 0.159. The number of hydrogen-bond acceptors (Lipinski definition) is 0. The number of fused-ring (bicyclic) bond motifs is 12. The van der Waals surface area contributed by atoms with Gasteiger partial charge in [0.2, 0.25) is 0 Å². The van der Waals surface area contributed by atoms with E-state index in [-0.39, 0.29) is 5.41 Å². The van der Waals surface area contributed by atoms with Crippen LogP contribution in [0.3, 0.4) is 0 Å². The lowest BCUT2D eigenvalue weighted by atomic mass is 9.72. The summed E-state index contributed by atoms with van der Waals surface area (Å²) in [5, 5.41) is 0. The molecule has 0 N–H and O–H groups in total. The van der Waals surface area contributed by atoms with Crippen LogP contribution in [-0.4, -0.2) is 0 Å². The second-order valence-electron chi connectivity index (χ2n) is 10.5. The lowest BCUT2D eigenvalue weighted by molar-refractivity contribution is 0.364. The third kappa shape index (κ3) is 2.15. The Hall–Kier alpha value is -3.12. The molecule has 3 aliphatic carbocycles. The number of rotatable bonds is 0. The molecule has 0 radical (unpaired) electrons. The van der Waals surface area contributed by atoms with E-state index in [1.807, 2.05) is 0 Å². The van der Waals surface area contributed by atoms with Gasteiger partial charge in [0.1, 0.15) is 0 Å². The van der Waals surface area contributed by atoms with E-state index in [4.69, 9.17) is 0 Å². The lowest BCUT2D eigenvalue weighted by Crippen LogP contribution is -2.18. The molecule has 0 unspecified atom stereocenters. The van der Waals surface area contributed by atoms with Gasteiger partial charge in [0, 0.05) is 5.92 Å². The highest BCUT2D eigenvalue weighted by Gasteiger charge is 2.44. The highest BCUT2D eigenvalue weighted by Crippen LogP contribution is 2.62. The maximum Gasteiger partial charge on any atom is 0.0157 e. The van der Waals surface area contributed by atoms with Gasteiger partial charge in [0.05, 0.1) is 0 Å². The van der Waals surface area contributed by atoms with Crippen molar-refractivity contribution >= 4 is 0 Å². The Labute approximate surface area is 184 Å². The summed E-state index contributed by atoms with van der Waals surface area (Å²) in [7, 11) is 0. The molecular weight excluding hydrogens is 372 g/mol. The Morgan fingerprint density at radius 3 is 1.68 bits per heavy atom. The molecule has 0 spiro atoms. The van der Waals surface area contributed by atoms with Crippen molar-refractivity contribution in [2.75, 3.05) is 0 Å². The van der Waals surface area contributed by atoms with Crippen molar-refractivity contribution in [1.82, 2.24) is 0 Å².